The summed E-state index contributed by atoms with van der Waals surface area (Å²) in [4.78, 5) is 30.3. The lowest BCUT2D eigenvalue weighted by Crippen LogP contribution is -2.49. The molecule has 0 aromatic carbocycles. The zero-order valence-electron chi connectivity index (χ0n) is 13.7. The Morgan fingerprint density at radius 2 is 2.12 bits per heavy atom. The number of aliphatic carboxylic acids is 1. The van der Waals surface area contributed by atoms with Crippen LogP contribution in [-0.2, 0) is 4.79 Å². The number of rotatable bonds is 3. The van der Waals surface area contributed by atoms with Crippen molar-refractivity contribution < 1.29 is 19.1 Å². The highest BCUT2D eigenvalue weighted by Crippen LogP contribution is 2.27. The number of nitrogens with zero attached hydrogens (tertiary/aromatic N) is 2. The molecule has 6 heteroatoms. The van der Waals surface area contributed by atoms with E-state index >= 15 is 0 Å². The smallest absolute Gasteiger partial charge is 0.308 e. The van der Waals surface area contributed by atoms with Crippen molar-refractivity contribution in [2.45, 2.75) is 32.7 Å². The molecule has 24 heavy (non-hydrogen) atoms. The van der Waals surface area contributed by atoms with Crippen molar-refractivity contribution in [3.05, 3.63) is 41.8 Å². The molecule has 3 heterocycles. The minimum Gasteiger partial charge on any atom is -0.481 e. The highest BCUT2D eigenvalue weighted by atomic mass is 16.4. The molecule has 1 saturated heterocycles. The van der Waals surface area contributed by atoms with Gasteiger partial charge in [-0.25, -0.2) is 4.98 Å². The van der Waals surface area contributed by atoms with Crippen LogP contribution in [0, 0.1) is 12.8 Å². The third kappa shape index (κ3) is 2.91. The fourth-order valence-electron chi connectivity index (χ4n) is 3.26. The molecule has 0 unspecified atom stereocenters. The first-order chi connectivity index (χ1) is 11.5. The van der Waals surface area contributed by atoms with E-state index in [4.69, 9.17) is 4.42 Å². The Morgan fingerprint density at radius 3 is 2.75 bits per heavy atom. The van der Waals surface area contributed by atoms with Gasteiger partial charge in [-0.15, -0.1) is 0 Å². The second kappa shape index (κ2) is 6.47. The summed E-state index contributed by atoms with van der Waals surface area (Å²) in [7, 11) is 0. The zero-order chi connectivity index (χ0) is 17.3. The molecule has 2 aromatic rings. The molecule has 126 valence electrons. The maximum absolute atomic E-state index is 12.9. The molecule has 0 radical (unpaired) electrons. The van der Waals surface area contributed by atoms with Gasteiger partial charge in [-0.1, -0.05) is 0 Å². The van der Waals surface area contributed by atoms with Crippen LogP contribution < -0.4 is 0 Å². The van der Waals surface area contributed by atoms with Gasteiger partial charge in [0.05, 0.1) is 23.4 Å². The van der Waals surface area contributed by atoms with Crippen LogP contribution in [0.2, 0.25) is 0 Å². The highest BCUT2D eigenvalue weighted by Gasteiger charge is 2.36. The topological polar surface area (TPSA) is 83.6 Å². The van der Waals surface area contributed by atoms with Crippen molar-refractivity contribution in [2.75, 3.05) is 6.54 Å². The van der Waals surface area contributed by atoms with Crippen LogP contribution in [0.3, 0.4) is 0 Å². The van der Waals surface area contributed by atoms with E-state index in [0.29, 0.717) is 42.1 Å². The molecule has 3 rings (SSSR count). The lowest BCUT2D eigenvalue weighted by molar-refractivity contribution is -0.144. The van der Waals surface area contributed by atoms with Crippen molar-refractivity contribution in [3.63, 3.8) is 0 Å². The minimum atomic E-state index is -0.844. The van der Waals surface area contributed by atoms with Crippen LogP contribution in [0.1, 0.15) is 35.8 Å². The number of carboxylic acid groups (broad SMARTS) is 1. The highest BCUT2D eigenvalue weighted by molar-refractivity contribution is 5.96. The molecule has 0 saturated carbocycles. The lowest BCUT2D eigenvalue weighted by atomic mass is 9.89. The standard InChI is InChI=1S/C18H20N2O4/c1-11-13(7-8-15(19-11)16-6-4-10-24-16)17(21)20-9-3-5-14(12(20)2)18(22)23/h4,6-8,10,12,14H,3,5,9H2,1-2H3,(H,22,23)/t12-,14-/m1/s1. The molecule has 2 aromatic heterocycles. The van der Waals surface area contributed by atoms with Crippen molar-refractivity contribution >= 4 is 11.9 Å². The number of carbonyl (C=O) groups excluding carboxylic acids is 1. The molecule has 1 fully saturated rings. The van der Waals surface area contributed by atoms with E-state index in [1.165, 1.54) is 0 Å². The van der Waals surface area contributed by atoms with Crippen LogP contribution in [0.5, 0.6) is 0 Å². The van der Waals surface area contributed by atoms with Crippen molar-refractivity contribution in [3.8, 4) is 11.5 Å². The second-order valence-electron chi connectivity index (χ2n) is 6.13. The van der Waals surface area contributed by atoms with Gasteiger partial charge in [-0.2, -0.15) is 0 Å². The molecule has 1 amide bonds. The number of carboxylic acids is 1. The molecular weight excluding hydrogens is 308 g/mol. The first-order valence-corrected chi connectivity index (χ1v) is 8.04. The van der Waals surface area contributed by atoms with Crippen molar-refractivity contribution in [1.82, 2.24) is 9.88 Å². The van der Waals surface area contributed by atoms with Crippen molar-refractivity contribution in [2.24, 2.45) is 5.92 Å². The van der Waals surface area contributed by atoms with Gasteiger partial charge < -0.3 is 14.4 Å². The van der Waals surface area contributed by atoms with Gasteiger partial charge in [0.2, 0.25) is 0 Å². The minimum absolute atomic E-state index is 0.163. The van der Waals surface area contributed by atoms with E-state index in [-0.39, 0.29) is 11.9 Å². The number of hydrogen-bond donors (Lipinski definition) is 1. The van der Waals surface area contributed by atoms with E-state index in [1.54, 1.807) is 43.2 Å². The predicted octanol–water partition coefficient (Wildman–Crippen LogP) is 2.98. The quantitative estimate of drug-likeness (QED) is 0.936. The Kier molecular flexibility index (Phi) is 4.38. The average Bonchev–Trinajstić information content (AvgIpc) is 3.08. The van der Waals surface area contributed by atoms with Gasteiger partial charge in [0.25, 0.3) is 5.91 Å². The van der Waals surface area contributed by atoms with Gasteiger partial charge in [-0.05, 0) is 51.0 Å². The van der Waals surface area contributed by atoms with Gasteiger partial charge in [0.1, 0.15) is 5.69 Å². The molecule has 6 nitrogen and oxygen atoms in total. The van der Waals surface area contributed by atoms with Gasteiger partial charge >= 0.3 is 5.97 Å². The Morgan fingerprint density at radius 1 is 1.33 bits per heavy atom. The summed E-state index contributed by atoms with van der Waals surface area (Å²) in [6.07, 6.45) is 2.88. The van der Waals surface area contributed by atoms with E-state index in [1.807, 2.05) is 6.07 Å². The van der Waals surface area contributed by atoms with Crippen LogP contribution in [-0.4, -0.2) is 39.5 Å². The fourth-order valence-corrected chi connectivity index (χ4v) is 3.26. The number of pyridine rings is 1. The summed E-state index contributed by atoms with van der Waals surface area (Å²) >= 11 is 0. The molecule has 0 bridgehead atoms. The normalized spacial score (nSPS) is 20.8. The number of furan rings is 1. The fraction of sp³-hybridized carbons (Fsp3) is 0.389. The monoisotopic (exact) mass is 328 g/mol. The number of piperidine rings is 1. The number of likely N-dealkylation sites (tertiary alicyclic amines) is 1. The third-order valence-electron chi connectivity index (χ3n) is 4.66. The molecule has 1 aliphatic heterocycles. The number of hydrogen-bond acceptors (Lipinski definition) is 4. The summed E-state index contributed by atoms with van der Waals surface area (Å²) in [5, 5.41) is 9.31. The van der Waals surface area contributed by atoms with Gasteiger partial charge in [-0.3, -0.25) is 9.59 Å². The molecule has 2 atom stereocenters. The van der Waals surface area contributed by atoms with Gasteiger partial charge in [0, 0.05) is 12.6 Å². The van der Waals surface area contributed by atoms with Crippen LogP contribution in [0.15, 0.2) is 34.9 Å². The van der Waals surface area contributed by atoms with E-state index < -0.39 is 11.9 Å². The molecular formula is C18H20N2O4. The number of aryl methyl sites for hydroxylation is 1. The summed E-state index contributed by atoms with van der Waals surface area (Å²) < 4.78 is 5.33. The van der Waals surface area contributed by atoms with Crippen LogP contribution >= 0.6 is 0 Å². The molecule has 1 aliphatic rings. The number of carbonyl (C=O) groups is 2. The SMILES string of the molecule is Cc1nc(-c2ccco2)ccc1C(=O)N1CCC[C@@H](C(=O)O)[C@H]1C. The first-order valence-electron chi connectivity index (χ1n) is 8.04. The number of aromatic nitrogens is 1. The Hall–Kier alpha value is -2.63. The lowest BCUT2D eigenvalue weighted by Gasteiger charge is -2.37. The predicted molar refractivity (Wildman–Crippen MR) is 87.5 cm³/mol. The van der Waals surface area contributed by atoms with E-state index in [2.05, 4.69) is 4.98 Å². The Bertz CT molecular complexity index is 754. The molecule has 1 N–H and O–H groups in total. The largest absolute Gasteiger partial charge is 0.481 e. The first kappa shape index (κ1) is 16.2. The van der Waals surface area contributed by atoms with Gasteiger partial charge in [0.15, 0.2) is 5.76 Å². The average molecular weight is 328 g/mol. The summed E-state index contributed by atoms with van der Waals surface area (Å²) in [5.74, 6) is -0.875. The van der Waals surface area contributed by atoms with Crippen molar-refractivity contribution in [1.29, 1.82) is 0 Å². The Balaban J connectivity index is 1.86. The summed E-state index contributed by atoms with van der Waals surface area (Å²) in [6, 6.07) is 6.76. The van der Waals surface area contributed by atoms with E-state index in [0.717, 1.165) is 0 Å². The number of amides is 1. The zero-order valence-corrected chi connectivity index (χ0v) is 13.7. The maximum Gasteiger partial charge on any atom is 0.308 e. The van der Waals surface area contributed by atoms with Crippen LogP contribution in [0.4, 0.5) is 0 Å². The maximum atomic E-state index is 12.9. The summed E-state index contributed by atoms with van der Waals surface area (Å²) in [5.41, 5.74) is 1.78. The second-order valence-corrected chi connectivity index (χ2v) is 6.13. The van der Waals surface area contributed by atoms with Crippen LogP contribution in [0.25, 0.3) is 11.5 Å². The summed E-state index contributed by atoms with van der Waals surface area (Å²) in [6.45, 7) is 4.15. The molecule has 0 aliphatic carbocycles. The van der Waals surface area contributed by atoms with E-state index in [9.17, 15) is 14.7 Å². The third-order valence-corrected chi connectivity index (χ3v) is 4.66. The Labute approximate surface area is 140 Å². The molecule has 0 spiro atoms.